The molecule has 2 rings (SSSR count). The summed E-state index contributed by atoms with van der Waals surface area (Å²) in [6, 6.07) is 9.84. The van der Waals surface area contributed by atoms with Gasteiger partial charge in [0.05, 0.1) is 11.6 Å². The summed E-state index contributed by atoms with van der Waals surface area (Å²) in [5.41, 5.74) is 1.71. The van der Waals surface area contributed by atoms with Gasteiger partial charge in [-0.3, -0.25) is 4.79 Å². The molecule has 1 aromatic carbocycles. The third-order valence-corrected chi connectivity index (χ3v) is 3.81. The van der Waals surface area contributed by atoms with E-state index < -0.39 is 11.9 Å². The molecule has 0 aliphatic carbocycles. The molecular formula is C15H17NO2S. The first-order valence-electron chi connectivity index (χ1n) is 6.31. The second-order valence-corrected chi connectivity index (χ2v) is 5.82. The van der Waals surface area contributed by atoms with Crippen LogP contribution in [-0.2, 0) is 4.79 Å². The van der Waals surface area contributed by atoms with Gasteiger partial charge >= 0.3 is 5.97 Å². The number of carboxylic acid groups (broad SMARTS) is 1. The number of carboxylic acids is 1. The minimum absolute atomic E-state index is 0.336. The van der Waals surface area contributed by atoms with E-state index in [0.29, 0.717) is 18.0 Å². The van der Waals surface area contributed by atoms with Gasteiger partial charge in [0.1, 0.15) is 5.01 Å². The number of hydrogen-bond acceptors (Lipinski definition) is 3. The summed E-state index contributed by atoms with van der Waals surface area (Å²) >= 11 is 1.50. The molecule has 0 aliphatic rings. The number of carbonyl (C=O) groups is 1. The van der Waals surface area contributed by atoms with Crippen molar-refractivity contribution in [2.24, 2.45) is 5.92 Å². The van der Waals surface area contributed by atoms with Crippen molar-refractivity contribution in [3.8, 4) is 10.6 Å². The first kappa shape index (κ1) is 13.7. The molecule has 1 aromatic heterocycles. The lowest BCUT2D eigenvalue weighted by atomic mass is 9.95. The molecule has 0 amide bonds. The highest BCUT2D eigenvalue weighted by atomic mass is 32.1. The normalized spacial score (nSPS) is 12.6. The monoisotopic (exact) mass is 275 g/mol. The lowest BCUT2D eigenvalue weighted by molar-refractivity contribution is -0.139. The molecule has 0 unspecified atom stereocenters. The van der Waals surface area contributed by atoms with Gasteiger partial charge in [-0.2, -0.15) is 0 Å². The van der Waals surface area contributed by atoms with Crippen LogP contribution in [0.1, 0.15) is 31.9 Å². The Hall–Kier alpha value is -1.68. The van der Waals surface area contributed by atoms with E-state index in [1.165, 1.54) is 11.3 Å². The average Bonchev–Trinajstić information content (AvgIpc) is 2.86. The molecule has 2 aromatic rings. The van der Waals surface area contributed by atoms with E-state index in [2.05, 4.69) is 4.98 Å². The largest absolute Gasteiger partial charge is 0.481 e. The van der Waals surface area contributed by atoms with Crippen LogP contribution >= 0.6 is 11.3 Å². The van der Waals surface area contributed by atoms with Gasteiger partial charge in [0.25, 0.3) is 0 Å². The Morgan fingerprint density at radius 2 is 2.00 bits per heavy atom. The number of thiazole rings is 1. The van der Waals surface area contributed by atoms with Crippen molar-refractivity contribution < 1.29 is 9.90 Å². The quantitative estimate of drug-likeness (QED) is 0.896. The van der Waals surface area contributed by atoms with E-state index in [1.807, 2.05) is 49.6 Å². The first-order valence-corrected chi connectivity index (χ1v) is 7.19. The van der Waals surface area contributed by atoms with Crippen LogP contribution in [-0.4, -0.2) is 16.1 Å². The fourth-order valence-corrected chi connectivity index (χ4v) is 2.86. The summed E-state index contributed by atoms with van der Waals surface area (Å²) in [6.45, 7) is 4.06. The van der Waals surface area contributed by atoms with Crippen molar-refractivity contribution in [3.05, 3.63) is 41.4 Å². The first-order chi connectivity index (χ1) is 9.08. The van der Waals surface area contributed by atoms with Crippen LogP contribution in [0.4, 0.5) is 0 Å². The SMILES string of the molecule is CC(C)C[C@@H](C(=O)O)c1csc(-c2ccccc2)n1. The zero-order chi connectivity index (χ0) is 13.8. The smallest absolute Gasteiger partial charge is 0.312 e. The third kappa shape index (κ3) is 3.41. The summed E-state index contributed by atoms with van der Waals surface area (Å²) in [6.07, 6.45) is 0.618. The molecule has 1 atom stereocenters. The Morgan fingerprint density at radius 1 is 1.32 bits per heavy atom. The van der Waals surface area contributed by atoms with E-state index in [0.717, 1.165) is 10.6 Å². The van der Waals surface area contributed by atoms with Gasteiger partial charge < -0.3 is 5.11 Å². The fourth-order valence-electron chi connectivity index (χ4n) is 1.98. The van der Waals surface area contributed by atoms with Gasteiger partial charge in [0.2, 0.25) is 0 Å². The van der Waals surface area contributed by atoms with Crippen molar-refractivity contribution in [3.63, 3.8) is 0 Å². The van der Waals surface area contributed by atoms with Crippen molar-refractivity contribution in [2.75, 3.05) is 0 Å². The molecule has 0 fully saturated rings. The highest BCUT2D eigenvalue weighted by molar-refractivity contribution is 7.13. The Kier molecular flexibility index (Phi) is 4.32. The molecule has 0 aliphatic heterocycles. The van der Waals surface area contributed by atoms with Crippen LogP contribution in [0.5, 0.6) is 0 Å². The van der Waals surface area contributed by atoms with E-state index in [1.54, 1.807) is 0 Å². The van der Waals surface area contributed by atoms with Gasteiger partial charge in [-0.25, -0.2) is 4.98 Å². The molecule has 0 saturated heterocycles. The molecule has 1 heterocycles. The number of hydrogen-bond donors (Lipinski definition) is 1. The highest BCUT2D eigenvalue weighted by Gasteiger charge is 2.23. The van der Waals surface area contributed by atoms with Gasteiger partial charge in [0, 0.05) is 10.9 Å². The summed E-state index contributed by atoms with van der Waals surface area (Å²) < 4.78 is 0. The summed E-state index contributed by atoms with van der Waals surface area (Å²) in [4.78, 5) is 15.8. The van der Waals surface area contributed by atoms with Crippen LogP contribution in [0.2, 0.25) is 0 Å². The van der Waals surface area contributed by atoms with Crippen LogP contribution in [0.25, 0.3) is 10.6 Å². The summed E-state index contributed by atoms with van der Waals surface area (Å²) in [5, 5.41) is 12.1. The predicted octanol–water partition coefficient (Wildman–Crippen LogP) is 4.02. The number of benzene rings is 1. The van der Waals surface area contributed by atoms with E-state index in [-0.39, 0.29) is 0 Å². The maximum atomic E-state index is 11.3. The second-order valence-electron chi connectivity index (χ2n) is 4.96. The molecular weight excluding hydrogens is 258 g/mol. The molecule has 3 nitrogen and oxygen atoms in total. The Morgan fingerprint density at radius 3 is 2.58 bits per heavy atom. The maximum absolute atomic E-state index is 11.3. The Bertz CT molecular complexity index is 548. The van der Waals surface area contributed by atoms with E-state index >= 15 is 0 Å². The van der Waals surface area contributed by atoms with E-state index in [4.69, 9.17) is 0 Å². The molecule has 0 saturated carbocycles. The summed E-state index contributed by atoms with van der Waals surface area (Å²) in [7, 11) is 0. The lowest BCUT2D eigenvalue weighted by Gasteiger charge is -2.11. The third-order valence-electron chi connectivity index (χ3n) is 2.90. The van der Waals surface area contributed by atoms with Crippen LogP contribution in [0.15, 0.2) is 35.7 Å². The predicted molar refractivity (Wildman–Crippen MR) is 77.4 cm³/mol. The van der Waals surface area contributed by atoms with E-state index in [9.17, 15) is 9.90 Å². The molecule has 100 valence electrons. The number of rotatable bonds is 5. The number of nitrogens with zero attached hydrogens (tertiary/aromatic N) is 1. The lowest BCUT2D eigenvalue weighted by Crippen LogP contribution is -2.14. The van der Waals surface area contributed by atoms with Crippen molar-refractivity contribution in [1.82, 2.24) is 4.98 Å². The maximum Gasteiger partial charge on any atom is 0.312 e. The molecule has 1 N–H and O–H groups in total. The van der Waals surface area contributed by atoms with Gasteiger partial charge in [-0.1, -0.05) is 44.2 Å². The van der Waals surface area contributed by atoms with Crippen molar-refractivity contribution >= 4 is 17.3 Å². The molecule has 0 spiro atoms. The van der Waals surface area contributed by atoms with Gasteiger partial charge in [-0.15, -0.1) is 11.3 Å². The van der Waals surface area contributed by atoms with Crippen molar-refractivity contribution in [2.45, 2.75) is 26.2 Å². The molecule has 4 heteroatoms. The van der Waals surface area contributed by atoms with Crippen LogP contribution < -0.4 is 0 Å². The van der Waals surface area contributed by atoms with Crippen LogP contribution in [0, 0.1) is 5.92 Å². The minimum Gasteiger partial charge on any atom is -0.481 e. The highest BCUT2D eigenvalue weighted by Crippen LogP contribution is 2.30. The minimum atomic E-state index is -0.793. The second kappa shape index (κ2) is 5.97. The number of aromatic nitrogens is 1. The van der Waals surface area contributed by atoms with Crippen LogP contribution in [0.3, 0.4) is 0 Å². The Balaban J connectivity index is 2.26. The molecule has 0 bridgehead atoms. The Labute approximate surface area is 116 Å². The van der Waals surface area contributed by atoms with Gasteiger partial charge in [-0.05, 0) is 12.3 Å². The van der Waals surface area contributed by atoms with Crippen molar-refractivity contribution in [1.29, 1.82) is 0 Å². The standard InChI is InChI=1S/C15H17NO2S/c1-10(2)8-12(15(17)18)13-9-19-14(16-13)11-6-4-3-5-7-11/h3-7,9-10,12H,8H2,1-2H3,(H,17,18)/t12-/m1/s1. The fraction of sp³-hybridized carbons (Fsp3) is 0.333. The zero-order valence-corrected chi connectivity index (χ0v) is 11.9. The molecule has 0 radical (unpaired) electrons. The molecule has 19 heavy (non-hydrogen) atoms. The zero-order valence-electron chi connectivity index (χ0n) is 11.0. The number of aliphatic carboxylic acids is 1. The summed E-state index contributed by atoms with van der Waals surface area (Å²) in [5.74, 6) is -0.963. The average molecular weight is 275 g/mol. The topological polar surface area (TPSA) is 50.2 Å². The van der Waals surface area contributed by atoms with Gasteiger partial charge in [0.15, 0.2) is 0 Å².